The maximum atomic E-state index is 12.9. The van der Waals surface area contributed by atoms with Gasteiger partial charge in [0.2, 0.25) is 0 Å². The second-order valence-corrected chi connectivity index (χ2v) is 7.08. The van der Waals surface area contributed by atoms with Crippen LogP contribution < -0.4 is 15.5 Å². The molecule has 0 bridgehead atoms. The molecule has 3 aromatic rings. The summed E-state index contributed by atoms with van der Waals surface area (Å²) >= 11 is 0. The number of urea groups is 1. The van der Waals surface area contributed by atoms with Gasteiger partial charge < -0.3 is 20.4 Å². The van der Waals surface area contributed by atoms with E-state index in [2.05, 4.69) is 25.6 Å². The van der Waals surface area contributed by atoms with Gasteiger partial charge in [0.15, 0.2) is 0 Å². The molecule has 4 rings (SSSR count). The van der Waals surface area contributed by atoms with Crippen LogP contribution in [0.2, 0.25) is 0 Å². The summed E-state index contributed by atoms with van der Waals surface area (Å²) in [5.74, 6) is 1.96. The molecule has 1 aromatic carbocycles. The number of benzene rings is 1. The van der Waals surface area contributed by atoms with E-state index in [4.69, 9.17) is 0 Å². The third kappa shape index (κ3) is 5.23. The molecule has 1 fully saturated rings. The second kappa shape index (κ2) is 9.08. The summed E-state index contributed by atoms with van der Waals surface area (Å²) < 4.78 is 38.6. The fraction of sp³-hybridized carbons (Fsp3) is 0.238. The molecule has 1 aliphatic rings. The highest BCUT2D eigenvalue weighted by Gasteiger charge is 2.30. The predicted molar refractivity (Wildman–Crippen MR) is 114 cm³/mol. The van der Waals surface area contributed by atoms with Gasteiger partial charge in [0.05, 0.1) is 5.56 Å². The smallest absolute Gasteiger partial charge is 0.353 e. The third-order valence-corrected chi connectivity index (χ3v) is 4.91. The monoisotopic (exact) mass is 443 g/mol. The average molecular weight is 443 g/mol. The topological polar surface area (TPSA) is 86.3 Å². The summed E-state index contributed by atoms with van der Waals surface area (Å²) in [6.45, 7) is 1.85. The molecule has 0 aliphatic carbocycles. The van der Waals surface area contributed by atoms with Crippen LogP contribution in [0.3, 0.4) is 0 Å². The van der Waals surface area contributed by atoms with Crippen molar-refractivity contribution in [2.75, 3.05) is 41.7 Å². The Hall–Kier alpha value is -3.89. The van der Waals surface area contributed by atoms with Gasteiger partial charge in [-0.05, 0) is 30.3 Å². The van der Waals surface area contributed by atoms with Crippen molar-refractivity contribution in [3.8, 4) is 0 Å². The molecule has 0 atom stereocenters. The van der Waals surface area contributed by atoms with E-state index in [-0.39, 0.29) is 5.69 Å². The summed E-state index contributed by atoms with van der Waals surface area (Å²) in [4.78, 5) is 28.8. The Morgan fingerprint density at radius 1 is 0.906 bits per heavy atom. The largest absolute Gasteiger partial charge is 0.416 e. The minimum Gasteiger partial charge on any atom is -0.353 e. The number of amides is 2. The first kappa shape index (κ1) is 21.3. The summed E-state index contributed by atoms with van der Waals surface area (Å²) in [6, 6.07) is 11.4. The van der Waals surface area contributed by atoms with Crippen molar-refractivity contribution in [3.05, 3.63) is 66.6 Å². The fourth-order valence-corrected chi connectivity index (χ4v) is 3.27. The van der Waals surface area contributed by atoms with Crippen LogP contribution in [0.15, 0.2) is 61.1 Å². The summed E-state index contributed by atoms with van der Waals surface area (Å²) in [6.07, 6.45) is -1.34. The molecule has 1 saturated heterocycles. The Labute approximate surface area is 182 Å². The first-order chi connectivity index (χ1) is 15.4. The number of halogens is 3. The number of nitrogens with one attached hydrogen (secondary N) is 2. The summed E-state index contributed by atoms with van der Waals surface area (Å²) in [7, 11) is 0. The Morgan fingerprint density at radius 3 is 2.44 bits per heavy atom. The molecule has 0 radical (unpaired) electrons. The van der Waals surface area contributed by atoms with E-state index in [1.807, 2.05) is 23.1 Å². The molecule has 2 aromatic heterocycles. The van der Waals surface area contributed by atoms with E-state index >= 15 is 0 Å². The first-order valence-corrected chi connectivity index (χ1v) is 9.87. The average Bonchev–Trinajstić information content (AvgIpc) is 2.80. The van der Waals surface area contributed by atoms with Crippen LogP contribution in [0.5, 0.6) is 0 Å². The van der Waals surface area contributed by atoms with Crippen molar-refractivity contribution in [2.45, 2.75) is 6.18 Å². The zero-order valence-corrected chi connectivity index (χ0v) is 16.9. The molecule has 1 aliphatic heterocycles. The van der Waals surface area contributed by atoms with Gasteiger partial charge in [0.25, 0.3) is 0 Å². The van der Waals surface area contributed by atoms with E-state index in [0.717, 1.165) is 12.1 Å². The lowest BCUT2D eigenvalue weighted by molar-refractivity contribution is -0.137. The van der Waals surface area contributed by atoms with E-state index in [1.165, 1.54) is 18.5 Å². The molecule has 0 saturated carbocycles. The zero-order valence-electron chi connectivity index (χ0n) is 16.9. The SMILES string of the molecule is O=C(Nc1cccc(C(F)(F)F)c1)N1CCN(c2cc(Nc3ccccn3)ncn2)CC1. The second-order valence-electron chi connectivity index (χ2n) is 7.08. The van der Waals surface area contributed by atoms with Gasteiger partial charge in [-0.1, -0.05) is 12.1 Å². The zero-order chi connectivity index (χ0) is 22.6. The van der Waals surface area contributed by atoms with E-state index < -0.39 is 17.8 Å². The molecule has 0 unspecified atom stereocenters. The van der Waals surface area contributed by atoms with Crippen LogP contribution in [0, 0.1) is 0 Å². The standard InChI is InChI=1S/C21H20F3N7O/c22-21(23,24)15-4-3-5-16(12-15)28-20(32)31-10-8-30(9-11-31)19-13-18(26-14-27-19)29-17-6-1-2-7-25-17/h1-7,12-14H,8-11H2,(H,28,32)(H,25,26,27,29). The number of carbonyl (C=O) groups is 1. The van der Waals surface area contributed by atoms with Crippen molar-refractivity contribution in [3.63, 3.8) is 0 Å². The van der Waals surface area contributed by atoms with Crippen LogP contribution >= 0.6 is 0 Å². The van der Waals surface area contributed by atoms with Crippen LogP contribution in [-0.2, 0) is 6.18 Å². The minimum absolute atomic E-state index is 0.105. The predicted octanol–water partition coefficient (Wildman–Crippen LogP) is 3.99. The number of alkyl halides is 3. The molecule has 3 heterocycles. The number of aromatic nitrogens is 3. The van der Waals surface area contributed by atoms with Gasteiger partial charge in [-0.25, -0.2) is 19.7 Å². The molecule has 8 nitrogen and oxygen atoms in total. The lowest BCUT2D eigenvalue weighted by Gasteiger charge is -2.35. The fourth-order valence-electron chi connectivity index (χ4n) is 3.27. The third-order valence-electron chi connectivity index (χ3n) is 4.91. The number of anilines is 4. The number of piperazine rings is 1. The van der Waals surface area contributed by atoms with Crippen molar-refractivity contribution in [2.24, 2.45) is 0 Å². The quantitative estimate of drug-likeness (QED) is 0.634. The van der Waals surface area contributed by atoms with Crippen molar-refractivity contribution < 1.29 is 18.0 Å². The number of rotatable bonds is 4. The van der Waals surface area contributed by atoms with Gasteiger partial charge in [-0.3, -0.25) is 0 Å². The van der Waals surface area contributed by atoms with Gasteiger partial charge in [-0.15, -0.1) is 0 Å². The maximum Gasteiger partial charge on any atom is 0.416 e. The molecular weight excluding hydrogens is 423 g/mol. The molecular formula is C21H20F3N7O. The van der Waals surface area contributed by atoms with E-state index in [9.17, 15) is 18.0 Å². The summed E-state index contributed by atoms with van der Waals surface area (Å²) in [5.41, 5.74) is -0.702. The molecule has 11 heteroatoms. The highest BCUT2D eigenvalue weighted by molar-refractivity contribution is 5.89. The van der Waals surface area contributed by atoms with Crippen molar-refractivity contribution in [1.29, 1.82) is 0 Å². The number of pyridine rings is 1. The van der Waals surface area contributed by atoms with Crippen LogP contribution in [0.25, 0.3) is 0 Å². The number of hydrogen-bond acceptors (Lipinski definition) is 6. The van der Waals surface area contributed by atoms with Gasteiger partial charge >= 0.3 is 12.2 Å². The Balaban J connectivity index is 1.34. The van der Waals surface area contributed by atoms with Crippen molar-refractivity contribution in [1.82, 2.24) is 19.9 Å². The highest BCUT2D eigenvalue weighted by Crippen LogP contribution is 2.30. The lowest BCUT2D eigenvalue weighted by Crippen LogP contribution is -2.50. The number of carbonyl (C=O) groups excluding carboxylic acids is 1. The highest BCUT2D eigenvalue weighted by atomic mass is 19.4. The minimum atomic E-state index is -4.46. The van der Waals surface area contributed by atoms with Crippen LogP contribution in [0.4, 0.5) is 41.1 Å². The molecule has 32 heavy (non-hydrogen) atoms. The van der Waals surface area contributed by atoms with E-state index in [0.29, 0.717) is 43.6 Å². The Morgan fingerprint density at radius 2 is 1.72 bits per heavy atom. The first-order valence-electron chi connectivity index (χ1n) is 9.87. The summed E-state index contributed by atoms with van der Waals surface area (Å²) in [5, 5.41) is 5.65. The Bertz CT molecular complexity index is 1070. The Kier molecular flexibility index (Phi) is 6.06. The number of hydrogen-bond donors (Lipinski definition) is 2. The van der Waals surface area contributed by atoms with E-state index in [1.54, 1.807) is 17.2 Å². The van der Waals surface area contributed by atoms with Gasteiger partial charge in [-0.2, -0.15) is 13.2 Å². The molecule has 2 amide bonds. The normalized spacial score (nSPS) is 14.2. The van der Waals surface area contributed by atoms with Crippen LogP contribution in [-0.4, -0.2) is 52.1 Å². The van der Waals surface area contributed by atoms with Crippen molar-refractivity contribution >= 4 is 29.2 Å². The number of nitrogens with zero attached hydrogens (tertiary/aromatic N) is 5. The van der Waals surface area contributed by atoms with Crippen LogP contribution in [0.1, 0.15) is 5.56 Å². The van der Waals surface area contributed by atoms with Gasteiger partial charge in [0.1, 0.15) is 23.8 Å². The molecule has 0 spiro atoms. The molecule has 2 N–H and O–H groups in total. The maximum absolute atomic E-state index is 12.9. The van der Waals surface area contributed by atoms with Gasteiger partial charge in [0, 0.05) is 44.1 Å². The lowest BCUT2D eigenvalue weighted by atomic mass is 10.2. The molecule has 166 valence electrons.